The van der Waals surface area contributed by atoms with Crippen molar-refractivity contribution >= 4 is 11.9 Å². The molecule has 0 aliphatic heterocycles. The summed E-state index contributed by atoms with van der Waals surface area (Å²) >= 11 is 0. The molecule has 0 aromatic heterocycles. The minimum Gasteiger partial charge on any atom is -0.465 e. The molecule has 5 nitrogen and oxygen atoms in total. The highest BCUT2D eigenvalue weighted by atomic mass is 19.4. The largest absolute Gasteiger partial charge is 0.465 e. The van der Waals surface area contributed by atoms with E-state index in [1.54, 1.807) is 0 Å². The number of carbonyl (C=O) groups is 2. The Morgan fingerprint density at radius 1 is 1.17 bits per heavy atom. The molecule has 2 aliphatic rings. The Labute approximate surface area is 163 Å². The summed E-state index contributed by atoms with van der Waals surface area (Å²) < 4.78 is 86.2. The standard InChI is InChI=1S/C18H22F6O5/c1-10(2)13(25)29-15-6-4-11(9-15)8-12(15)14(26)28-7-3-5-16(27,17(19,20)21)18(22,23)24/h11-12,27H,1,3-9H2,2H3. The smallest absolute Gasteiger partial charge is 0.426 e. The molecule has 2 aliphatic carbocycles. The summed E-state index contributed by atoms with van der Waals surface area (Å²) in [5, 5.41) is 9.08. The van der Waals surface area contributed by atoms with E-state index < -0.39 is 60.9 Å². The number of esters is 2. The molecule has 0 spiro atoms. The van der Waals surface area contributed by atoms with Crippen LogP contribution in [-0.4, -0.2) is 47.2 Å². The lowest BCUT2D eigenvalue weighted by molar-refractivity contribution is -0.370. The molecule has 11 heteroatoms. The van der Waals surface area contributed by atoms with Crippen LogP contribution >= 0.6 is 0 Å². The lowest BCUT2D eigenvalue weighted by Crippen LogP contribution is -2.56. The van der Waals surface area contributed by atoms with Gasteiger partial charge in [0, 0.05) is 5.57 Å². The topological polar surface area (TPSA) is 72.8 Å². The van der Waals surface area contributed by atoms with E-state index in [9.17, 15) is 35.9 Å². The second kappa shape index (κ2) is 7.81. The van der Waals surface area contributed by atoms with Gasteiger partial charge in [0.15, 0.2) is 0 Å². The van der Waals surface area contributed by atoms with Gasteiger partial charge in [-0.25, -0.2) is 4.79 Å². The normalized spacial score (nSPS) is 27.0. The summed E-state index contributed by atoms with van der Waals surface area (Å²) in [5.41, 5.74) is -5.83. The number of fused-ring (bicyclic) bond motifs is 2. The van der Waals surface area contributed by atoms with E-state index in [-0.39, 0.29) is 11.5 Å². The van der Waals surface area contributed by atoms with E-state index in [1.165, 1.54) is 6.92 Å². The van der Waals surface area contributed by atoms with E-state index in [0.717, 1.165) is 6.42 Å². The van der Waals surface area contributed by atoms with Gasteiger partial charge in [-0.1, -0.05) is 6.58 Å². The van der Waals surface area contributed by atoms with Crippen LogP contribution in [0.4, 0.5) is 26.3 Å². The van der Waals surface area contributed by atoms with Gasteiger partial charge in [-0.05, 0) is 51.4 Å². The van der Waals surface area contributed by atoms with Crippen molar-refractivity contribution in [2.75, 3.05) is 6.61 Å². The van der Waals surface area contributed by atoms with Crippen molar-refractivity contribution in [2.45, 2.75) is 69.0 Å². The highest BCUT2D eigenvalue weighted by molar-refractivity contribution is 5.88. The molecule has 2 bridgehead atoms. The molecule has 0 aromatic rings. The molecular weight excluding hydrogens is 410 g/mol. The Morgan fingerprint density at radius 3 is 2.24 bits per heavy atom. The van der Waals surface area contributed by atoms with Gasteiger partial charge in [-0.15, -0.1) is 0 Å². The van der Waals surface area contributed by atoms with Crippen LogP contribution < -0.4 is 0 Å². The zero-order valence-electron chi connectivity index (χ0n) is 15.7. The maximum atomic E-state index is 12.6. The van der Waals surface area contributed by atoms with E-state index in [0.29, 0.717) is 19.3 Å². The van der Waals surface area contributed by atoms with Crippen molar-refractivity contribution in [1.29, 1.82) is 0 Å². The van der Waals surface area contributed by atoms with Crippen LogP contribution in [0.15, 0.2) is 12.2 Å². The maximum Gasteiger partial charge on any atom is 0.426 e. The van der Waals surface area contributed by atoms with E-state index in [4.69, 9.17) is 14.6 Å². The summed E-state index contributed by atoms with van der Waals surface area (Å²) in [6.45, 7) is 4.17. The number of carbonyl (C=O) groups excluding carboxylic acids is 2. The van der Waals surface area contributed by atoms with Crippen molar-refractivity contribution < 1.29 is 50.5 Å². The molecule has 0 aromatic carbocycles. The van der Waals surface area contributed by atoms with Crippen LogP contribution in [0, 0.1) is 11.8 Å². The van der Waals surface area contributed by atoms with Gasteiger partial charge in [-0.3, -0.25) is 4.79 Å². The van der Waals surface area contributed by atoms with Crippen LogP contribution in [0.2, 0.25) is 0 Å². The fourth-order valence-corrected chi connectivity index (χ4v) is 4.00. The number of halogens is 6. The summed E-state index contributed by atoms with van der Waals surface area (Å²) in [7, 11) is 0. The Morgan fingerprint density at radius 2 is 1.76 bits per heavy atom. The summed E-state index contributed by atoms with van der Waals surface area (Å²) in [4.78, 5) is 24.3. The Balaban J connectivity index is 1.95. The van der Waals surface area contributed by atoms with Crippen molar-refractivity contribution in [1.82, 2.24) is 0 Å². The minimum atomic E-state index is -5.92. The van der Waals surface area contributed by atoms with Gasteiger partial charge in [0.2, 0.25) is 0 Å². The van der Waals surface area contributed by atoms with E-state index >= 15 is 0 Å². The minimum absolute atomic E-state index is 0.117. The number of alkyl halides is 6. The lowest BCUT2D eigenvalue weighted by Gasteiger charge is -2.33. The number of rotatable bonds is 7. The molecule has 2 fully saturated rings. The van der Waals surface area contributed by atoms with Crippen LogP contribution in [-0.2, 0) is 19.1 Å². The predicted octanol–water partition coefficient (Wildman–Crippen LogP) is 3.84. The first-order valence-electron chi connectivity index (χ1n) is 9.04. The average molecular weight is 432 g/mol. The van der Waals surface area contributed by atoms with Gasteiger partial charge in [-0.2, -0.15) is 26.3 Å². The van der Waals surface area contributed by atoms with Gasteiger partial charge in [0.05, 0.1) is 12.5 Å². The molecule has 1 N–H and O–H groups in total. The molecule has 0 saturated heterocycles. The number of hydrogen-bond acceptors (Lipinski definition) is 5. The number of hydrogen-bond donors (Lipinski definition) is 1. The Hall–Kier alpha value is -1.78. The third-order valence-corrected chi connectivity index (χ3v) is 5.61. The first kappa shape index (κ1) is 23.5. The quantitative estimate of drug-likeness (QED) is 0.286. The first-order valence-corrected chi connectivity index (χ1v) is 9.04. The molecule has 2 saturated carbocycles. The molecular formula is C18H22F6O5. The first-order chi connectivity index (χ1) is 13.1. The van der Waals surface area contributed by atoms with E-state index in [2.05, 4.69) is 6.58 Å². The lowest BCUT2D eigenvalue weighted by atomic mass is 9.85. The molecule has 0 heterocycles. The fraction of sp³-hybridized carbons (Fsp3) is 0.778. The van der Waals surface area contributed by atoms with Gasteiger partial charge in [0.1, 0.15) is 5.60 Å². The second-order valence-corrected chi connectivity index (χ2v) is 7.76. The van der Waals surface area contributed by atoms with Crippen molar-refractivity contribution in [3.05, 3.63) is 12.2 Å². The van der Waals surface area contributed by atoms with E-state index in [1.807, 2.05) is 0 Å². The second-order valence-electron chi connectivity index (χ2n) is 7.76. The zero-order chi connectivity index (χ0) is 22.3. The van der Waals surface area contributed by atoms with Crippen molar-refractivity contribution in [3.8, 4) is 0 Å². The zero-order valence-corrected chi connectivity index (χ0v) is 15.7. The van der Waals surface area contributed by atoms with Crippen molar-refractivity contribution in [3.63, 3.8) is 0 Å². The molecule has 2 rings (SSSR count). The SMILES string of the molecule is C=C(C)C(=O)OC12CCC(CC1C(=O)OCCCC(O)(C(F)(F)F)C(F)(F)F)C2. The fourth-order valence-electron chi connectivity index (χ4n) is 4.00. The third-order valence-electron chi connectivity index (χ3n) is 5.61. The third kappa shape index (κ3) is 4.54. The number of ether oxygens (including phenoxy) is 2. The molecule has 3 atom stereocenters. The Kier molecular flexibility index (Phi) is 6.33. The van der Waals surface area contributed by atoms with Crippen LogP contribution in [0.5, 0.6) is 0 Å². The number of aliphatic hydroxyl groups is 1. The highest BCUT2D eigenvalue weighted by Gasteiger charge is 2.69. The maximum absolute atomic E-state index is 12.6. The highest BCUT2D eigenvalue weighted by Crippen LogP contribution is 2.54. The molecule has 3 unspecified atom stereocenters. The summed E-state index contributed by atoms with van der Waals surface area (Å²) in [5.74, 6) is -2.24. The summed E-state index contributed by atoms with van der Waals surface area (Å²) in [6.07, 6.45) is -12.4. The van der Waals surface area contributed by atoms with Gasteiger partial charge < -0.3 is 14.6 Å². The van der Waals surface area contributed by atoms with Gasteiger partial charge >= 0.3 is 24.3 Å². The molecule has 0 radical (unpaired) electrons. The summed E-state index contributed by atoms with van der Waals surface area (Å²) in [6, 6.07) is 0. The van der Waals surface area contributed by atoms with Crippen LogP contribution in [0.25, 0.3) is 0 Å². The van der Waals surface area contributed by atoms with Crippen LogP contribution in [0.1, 0.15) is 45.4 Å². The van der Waals surface area contributed by atoms with Crippen LogP contribution in [0.3, 0.4) is 0 Å². The molecule has 29 heavy (non-hydrogen) atoms. The predicted molar refractivity (Wildman–Crippen MR) is 86.3 cm³/mol. The Bertz CT molecular complexity index is 657. The van der Waals surface area contributed by atoms with Gasteiger partial charge in [0.25, 0.3) is 5.60 Å². The molecule has 166 valence electrons. The monoisotopic (exact) mass is 432 g/mol. The average Bonchev–Trinajstić information content (AvgIpc) is 3.13. The van der Waals surface area contributed by atoms with Crippen molar-refractivity contribution in [2.24, 2.45) is 11.8 Å². The molecule has 0 amide bonds.